The van der Waals surface area contributed by atoms with Crippen LogP contribution < -0.4 is 10.0 Å². The quantitative estimate of drug-likeness (QED) is 0.822. The third-order valence-corrected chi connectivity index (χ3v) is 4.23. The fourth-order valence-electron chi connectivity index (χ4n) is 2.46. The molecule has 116 valence electrons. The van der Waals surface area contributed by atoms with Gasteiger partial charge in [-0.25, -0.2) is 13.1 Å². The van der Waals surface area contributed by atoms with Gasteiger partial charge in [0.15, 0.2) is 0 Å². The van der Waals surface area contributed by atoms with Crippen molar-refractivity contribution in [3.63, 3.8) is 0 Å². The van der Waals surface area contributed by atoms with Gasteiger partial charge in [-0.2, -0.15) is 5.10 Å². The van der Waals surface area contributed by atoms with Crippen LogP contribution in [0.4, 0.5) is 0 Å². The van der Waals surface area contributed by atoms with Crippen molar-refractivity contribution in [3.05, 3.63) is 17.0 Å². The molecule has 0 aliphatic carbocycles. The van der Waals surface area contributed by atoms with Crippen molar-refractivity contribution < 1.29 is 8.42 Å². The topological polar surface area (TPSA) is 76.0 Å². The van der Waals surface area contributed by atoms with Gasteiger partial charge in [-0.1, -0.05) is 0 Å². The van der Waals surface area contributed by atoms with E-state index >= 15 is 0 Å². The molecule has 0 aliphatic heterocycles. The Morgan fingerprint density at radius 2 is 1.90 bits per heavy atom. The summed E-state index contributed by atoms with van der Waals surface area (Å²) in [6, 6.07) is 0.115. The highest BCUT2D eigenvalue weighted by atomic mass is 32.2. The summed E-state index contributed by atoms with van der Waals surface area (Å²) in [6.45, 7) is 10.3. The smallest absolute Gasteiger partial charge is 0.209 e. The van der Waals surface area contributed by atoms with Gasteiger partial charge in [0.25, 0.3) is 0 Å². The first kappa shape index (κ1) is 17.1. The van der Waals surface area contributed by atoms with Gasteiger partial charge in [0, 0.05) is 36.4 Å². The first-order valence-corrected chi connectivity index (χ1v) is 8.54. The molecule has 7 heteroatoms. The molecular weight excluding hydrogens is 276 g/mol. The third-order valence-electron chi connectivity index (χ3n) is 3.31. The number of hydrogen-bond donors (Lipinski definition) is 2. The zero-order valence-corrected chi connectivity index (χ0v) is 14.2. The van der Waals surface area contributed by atoms with Gasteiger partial charge in [-0.3, -0.25) is 4.68 Å². The van der Waals surface area contributed by atoms with Crippen molar-refractivity contribution in [1.82, 2.24) is 19.8 Å². The molecule has 0 spiro atoms. The fourth-order valence-corrected chi connectivity index (χ4v) is 3.54. The molecule has 1 unspecified atom stereocenters. The summed E-state index contributed by atoms with van der Waals surface area (Å²) in [5, 5.41) is 7.78. The number of hydrogen-bond acceptors (Lipinski definition) is 4. The first-order chi connectivity index (χ1) is 8.93. The van der Waals surface area contributed by atoms with E-state index in [4.69, 9.17) is 0 Å². The number of nitrogens with zero attached hydrogens (tertiary/aromatic N) is 2. The van der Waals surface area contributed by atoms with Crippen LogP contribution in [0.1, 0.15) is 43.8 Å². The Morgan fingerprint density at radius 3 is 2.30 bits per heavy atom. The molecule has 1 aromatic rings. The van der Waals surface area contributed by atoms with E-state index in [1.54, 1.807) is 0 Å². The molecule has 0 saturated heterocycles. The molecular formula is C13H26N4O2S. The minimum absolute atomic E-state index is 0.115. The summed E-state index contributed by atoms with van der Waals surface area (Å²) in [5.41, 5.74) is 2.75. The lowest BCUT2D eigenvalue weighted by Crippen LogP contribution is -2.50. The highest BCUT2D eigenvalue weighted by Crippen LogP contribution is 2.21. The minimum atomic E-state index is -3.21. The molecule has 1 aromatic heterocycles. The van der Waals surface area contributed by atoms with E-state index in [0.717, 1.165) is 11.4 Å². The van der Waals surface area contributed by atoms with Crippen LogP contribution in [0.5, 0.6) is 0 Å². The van der Waals surface area contributed by atoms with E-state index in [1.165, 1.54) is 11.8 Å². The van der Waals surface area contributed by atoms with Crippen molar-refractivity contribution in [2.75, 3.05) is 12.8 Å². The summed E-state index contributed by atoms with van der Waals surface area (Å²) in [6.07, 6.45) is 1.17. The lowest BCUT2D eigenvalue weighted by atomic mass is 10.0. The Hall–Kier alpha value is -0.920. The van der Waals surface area contributed by atoms with Crippen LogP contribution in [0.2, 0.25) is 0 Å². The molecule has 1 heterocycles. The van der Waals surface area contributed by atoms with E-state index in [9.17, 15) is 8.42 Å². The van der Waals surface area contributed by atoms with E-state index in [2.05, 4.69) is 22.1 Å². The largest absolute Gasteiger partial charge is 0.308 e. The van der Waals surface area contributed by atoms with E-state index in [1.807, 2.05) is 39.4 Å². The normalized spacial score (nSPS) is 14.6. The summed E-state index contributed by atoms with van der Waals surface area (Å²) in [7, 11) is -1.29. The van der Waals surface area contributed by atoms with Crippen molar-refractivity contribution in [3.8, 4) is 0 Å². The monoisotopic (exact) mass is 302 g/mol. The molecule has 1 rings (SSSR count). The molecule has 0 amide bonds. The summed E-state index contributed by atoms with van der Waals surface area (Å²) >= 11 is 0. The molecule has 6 nitrogen and oxygen atoms in total. The number of rotatable bonds is 6. The highest BCUT2D eigenvalue weighted by Gasteiger charge is 2.24. The molecule has 0 radical (unpaired) electrons. The van der Waals surface area contributed by atoms with Gasteiger partial charge >= 0.3 is 0 Å². The maximum atomic E-state index is 11.3. The van der Waals surface area contributed by atoms with Gasteiger partial charge < -0.3 is 5.32 Å². The van der Waals surface area contributed by atoms with Crippen LogP contribution in [-0.2, 0) is 17.1 Å². The summed E-state index contributed by atoms with van der Waals surface area (Å²) < 4.78 is 27.1. The second-order valence-corrected chi connectivity index (χ2v) is 7.82. The molecule has 0 fully saturated rings. The average molecular weight is 302 g/mol. The van der Waals surface area contributed by atoms with Crippen molar-refractivity contribution in [2.24, 2.45) is 7.05 Å². The Kier molecular flexibility index (Phi) is 4.99. The lowest BCUT2D eigenvalue weighted by molar-refractivity contribution is 0.398. The maximum absolute atomic E-state index is 11.3. The molecule has 0 aromatic carbocycles. The zero-order chi connectivity index (χ0) is 15.7. The number of aryl methyl sites for hydroxylation is 2. The molecule has 0 aliphatic rings. The van der Waals surface area contributed by atoms with Crippen LogP contribution >= 0.6 is 0 Å². The number of nitrogens with one attached hydrogen (secondary N) is 2. The van der Waals surface area contributed by atoms with Gasteiger partial charge in [0.05, 0.1) is 11.9 Å². The van der Waals surface area contributed by atoms with Gasteiger partial charge in [0.2, 0.25) is 10.0 Å². The van der Waals surface area contributed by atoms with Crippen LogP contribution in [-0.4, -0.2) is 36.5 Å². The molecule has 0 bridgehead atoms. The Balaban J connectivity index is 2.75. The standard InChI is InChI=1S/C13H26N4O2S/c1-9(12-10(2)15-17(6)11(12)3)14-8-13(4,5)16-20(7,18)19/h9,14,16H,8H2,1-7H3. The van der Waals surface area contributed by atoms with E-state index in [-0.39, 0.29) is 6.04 Å². The zero-order valence-electron chi connectivity index (χ0n) is 13.4. The third kappa shape index (κ3) is 4.57. The minimum Gasteiger partial charge on any atom is -0.308 e. The van der Waals surface area contributed by atoms with Gasteiger partial charge in [0.1, 0.15) is 0 Å². The number of aromatic nitrogens is 2. The molecule has 20 heavy (non-hydrogen) atoms. The average Bonchev–Trinajstić information content (AvgIpc) is 2.47. The first-order valence-electron chi connectivity index (χ1n) is 6.65. The van der Waals surface area contributed by atoms with Gasteiger partial charge in [-0.05, 0) is 34.6 Å². The predicted molar refractivity (Wildman–Crippen MR) is 81.2 cm³/mol. The van der Waals surface area contributed by atoms with Crippen LogP contribution in [0, 0.1) is 13.8 Å². The highest BCUT2D eigenvalue weighted by molar-refractivity contribution is 7.88. The summed E-state index contributed by atoms with van der Waals surface area (Å²) in [4.78, 5) is 0. The SMILES string of the molecule is Cc1nn(C)c(C)c1C(C)NCC(C)(C)NS(C)(=O)=O. The van der Waals surface area contributed by atoms with Crippen LogP contribution in [0.15, 0.2) is 0 Å². The Labute approximate surface area is 122 Å². The fraction of sp³-hybridized carbons (Fsp3) is 0.769. The molecule has 2 N–H and O–H groups in total. The molecule has 1 atom stereocenters. The maximum Gasteiger partial charge on any atom is 0.209 e. The Bertz CT molecular complexity index is 575. The van der Waals surface area contributed by atoms with Crippen LogP contribution in [0.25, 0.3) is 0 Å². The van der Waals surface area contributed by atoms with Crippen molar-refractivity contribution in [1.29, 1.82) is 0 Å². The lowest BCUT2D eigenvalue weighted by Gasteiger charge is -2.27. The summed E-state index contributed by atoms with van der Waals surface area (Å²) in [5.74, 6) is 0. The van der Waals surface area contributed by atoms with E-state index in [0.29, 0.717) is 6.54 Å². The second-order valence-electron chi connectivity index (χ2n) is 6.07. The molecule has 0 saturated carbocycles. The van der Waals surface area contributed by atoms with Crippen molar-refractivity contribution >= 4 is 10.0 Å². The predicted octanol–water partition coefficient (Wildman–Crippen LogP) is 1.02. The number of sulfonamides is 1. The van der Waals surface area contributed by atoms with Gasteiger partial charge in [-0.15, -0.1) is 0 Å². The van der Waals surface area contributed by atoms with E-state index < -0.39 is 15.6 Å². The van der Waals surface area contributed by atoms with Crippen molar-refractivity contribution in [2.45, 2.75) is 46.2 Å². The second kappa shape index (κ2) is 5.83. The Morgan fingerprint density at radius 1 is 1.35 bits per heavy atom. The van der Waals surface area contributed by atoms with Crippen LogP contribution in [0.3, 0.4) is 0 Å².